The second-order valence-electron chi connectivity index (χ2n) is 4.64. The van der Waals surface area contributed by atoms with Gasteiger partial charge in [0.15, 0.2) is 0 Å². The number of hydrogen-bond donors (Lipinski definition) is 1. The van der Waals surface area contributed by atoms with Gasteiger partial charge in [-0.3, -0.25) is 4.79 Å². The second-order valence-corrected chi connectivity index (χ2v) is 5.46. The van der Waals surface area contributed by atoms with Crippen LogP contribution in [0.25, 0.3) is 0 Å². The van der Waals surface area contributed by atoms with Gasteiger partial charge in [-0.1, -0.05) is 29.3 Å². The van der Waals surface area contributed by atoms with Gasteiger partial charge in [-0.25, -0.2) is 0 Å². The van der Waals surface area contributed by atoms with Gasteiger partial charge < -0.3 is 10.6 Å². The van der Waals surface area contributed by atoms with Gasteiger partial charge in [0.25, 0.3) is 0 Å². The Morgan fingerprint density at radius 1 is 1.33 bits per heavy atom. The van der Waals surface area contributed by atoms with E-state index < -0.39 is 0 Å². The maximum atomic E-state index is 11.7. The lowest BCUT2D eigenvalue weighted by Crippen LogP contribution is -2.28. The Balaban J connectivity index is 1.91. The number of nitrogens with two attached hydrogens (primary N) is 1. The quantitative estimate of drug-likeness (QED) is 0.924. The molecule has 1 unspecified atom stereocenters. The minimum absolute atomic E-state index is 0.200. The molecule has 1 aromatic rings. The van der Waals surface area contributed by atoms with Gasteiger partial charge in [-0.15, -0.1) is 0 Å². The lowest BCUT2D eigenvalue weighted by Gasteiger charge is -2.16. The summed E-state index contributed by atoms with van der Waals surface area (Å²) >= 11 is 11.8. The van der Waals surface area contributed by atoms with Crippen molar-refractivity contribution in [2.24, 2.45) is 11.7 Å². The third-order valence-corrected chi connectivity index (χ3v) is 4.02. The van der Waals surface area contributed by atoms with Crippen LogP contribution in [0.5, 0.6) is 0 Å². The number of nitrogens with zero attached hydrogens (tertiary/aromatic N) is 1. The molecule has 1 saturated heterocycles. The van der Waals surface area contributed by atoms with Crippen molar-refractivity contribution in [3.05, 3.63) is 33.8 Å². The van der Waals surface area contributed by atoms with E-state index in [4.69, 9.17) is 28.9 Å². The molecule has 0 aliphatic carbocycles. The van der Waals surface area contributed by atoms with Gasteiger partial charge in [0, 0.05) is 19.5 Å². The van der Waals surface area contributed by atoms with Crippen LogP contribution in [0.15, 0.2) is 18.2 Å². The van der Waals surface area contributed by atoms with Crippen LogP contribution in [0.2, 0.25) is 10.0 Å². The highest BCUT2D eigenvalue weighted by Gasteiger charge is 2.27. The van der Waals surface area contributed by atoms with E-state index in [0.29, 0.717) is 35.5 Å². The topological polar surface area (TPSA) is 46.3 Å². The van der Waals surface area contributed by atoms with Crippen molar-refractivity contribution >= 4 is 29.1 Å². The van der Waals surface area contributed by atoms with Gasteiger partial charge in [0.2, 0.25) is 5.91 Å². The third kappa shape index (κ3) is 3.16. The Labute approximate surface area is 117 Å². The van der Waals surface area contributed by atoms with E-state index in [9.17, 15) is 4.79 Å². The van der Waals surface area contributed by atoms with Crippen LogP contribution in [0.4, 0.5) is 0 Å². The summed E-state index contributed by atoms with van der Waals surface area (Å²) in [5.74, 6) is 0.511. The molecule has 1 aromatic carbocycles. The number of likely N-dealkylation sites (tertiary alicyclic amines) is 1. The first-order chi connectivity index (χ1) is 8.60. The number of carbonyl (C=O) groups is 1. The fraction of sp³-hybridized carbons (Fsp3) is 0.462. The van der Waals surface area contributed by atoms with Crippen molar-refractivity contribution in [3.8, 4) is 0 Å². The molecular weight excluding hydrogens is 271 g/mol. The minimum atomic E-state index is 0.200. The zero-order valence-corrected chi connectivity index (χ0v) is 11.5. The van der Waals surface area contributed by atoms with Crippen molar-refractivity contribution < 1.29 is 4.79 Å². The first-order valence-electron chi connectivity index (χ1n) is 6.02. The van der Waals surface area contributed by atoms with Crippen molar-refractivity contribution in [2.45, 2.75) is 12.8 Å². The van der Waals surface area contributed by atoms with Crippen molar-refractivity contribution in [1.29, 1.82) is 0 Å². The second kappa shape index (κ2) is 5.91. The van der Waals surface area contributed by atoms with Gasteiger partial charge in [0.1, 0.15) is 0 Å². The molecule has 98 valence electrons. The third-order valence-electron chi connectivity index (χ3n) is 3.28. The predicted octanol–water partition coefficient (Wildman–Crippen LogP) is 2.34. The van der Waals surface area contributed by atoms with Gasteiger partial charge in [0.05, 0.1) is 10.0 Å². The fourth-order valence-corrected chi connectivity index (χ4v) is 2.51. The summed E-state index contributed by atoms with van der Waals surface area (Å²) in [4.78, 5) is 13.6. The molecule has 1 amide bonds. The molecule has 5 heteroatoms. The molecule has 3 nitrogen and oxygen atoms in total. The molecule has 0 radical (unpaired) electrons. The highest BCUT2D eigenvalue weighted by molar-refractivity contribution is 6.42. The van der Waals surface area contributed by atoms with Crippen molar-refractivity contribution in [1.82, 2.24) is 4.90 Å². The smallest absolute Gasteiger partial charge is 0.222 e. The van der Waals surface area contributed by atoms with Gasteiger partial charge >= 0.3 is 0 Å². The van der Waals surface area contributed by atoms with E-state index in [0.717, 1.165) is 18.5 Å². The van der Waals surface area contributed by atoms with Crippen LogP contribution in [0, 0.1) is 5.92 Å². The maximum Gasteiger partial charge on any atom is 0.222 e. The van der Waals surface area contributed by atoms with Crippen LogP contribution in [-0.2, 0) is 11.2 Å². The summed E-state index contributed by atoms with van der Waals surface area (Å²) in [5.41, 5.74) is 6.68. The monoisotopic (exact) mass is 286 g/mol. The molecule has 2 rings (SSSR count). The lowest BCUT2D eigenvalue weighted by molar-refractivity contribution is -0.127. The highest BCUT2D eigenvalue weighted by atomic mass is 35.5. The molecule has 1 atom stereocenters. The summed E-state index contributed by atoms with van der Waals surface area (Å²) in [7, 11) is 0. The number of carbonyl (C=O) groups excluding carboxylic acids is 1. The summed E-state index contributed by atoms with van der Waals surface area (Å²) in [6.07, 6.45) is 1.37. The number of halogens is 2. The Morgan fingerprint density at radius 2 is 2.11 bits per heavy atom. The lowest BCUT2D eigenvalue weighted by atomic mass is 10.1. The largest absolute Gasteiger partial charge is 0.342 e. The normalized spacial score (nSPS) is 19.6. The van der Waals surface area contributed by atoms with Crippen LogP contribution in [0.1, 0.15) is 12.0 Å². The standard InChI is InChI=1S/C13H16Cl2N2O/c14-11-2-1-9(5-12(11)15)3-4-17-8-10(7-16)6-13(17)18/h1-2,5,10H,3-4,6-8,16H2. The molecule has 1 fully saturated rings. The van der Waals surface area contributed by atoms with Crippen LogP contribution >= 0.6 is 23.2 Å². The van der Waals surface area contributed by atoms with Crippen molar-refractivity contribution in [3.63, 3.8) is 0 Å². The zero-order chi connectivity index (χ0) is 13.1. The predicted molar refractivity (Wildman–Crippen MR) is 73.9 cm³/mol. The van der Waals surface area contributed by atoms with E-state index >= 15 is 0 Å². The van der Waals surface area contributed by atoms with E-state index in [1.807, 2.05) is 17.0 Å². The molecule has 0 bridgehead atoms. The Bertz CT molecular complexity index is 451. The molecule has 2 N–H and O–H groups in total. The first kappa shape index (κ1) is 13.7. The Hall–Kier alpha value is -0.770. The first-order valence-corrected chi connectivity index (χ1v) is 6.77. The molecule has 1 heterocycles. The fourth-order valence-electron chi connectivity index (χ4n) is 2.19. The molecule has 1 aliphatic heterocycles. The number of amides is 1. The average Bonchev–Trinajstić information content (AvgIpc) is 2.72. The van der Waals surface area contributed by atoms with Crippen LogP contribution < -0.4 is 5.73 Å². The highest BCUT2D eigenvalue weighted by Crippen LogP contribution is 2.23. The zero-order valence-electron chi connectivity index (χ0n) is 10.0. The maximum absolute atomic E-state index is 11.7. The number of benzene rings is 1. The summed E-state index contributed by atoms with van der Waals surface area (Å²) < 4.78 is 0. The molecule has 0 spiro atoms. The molecule has 1 aliphatic rings. The van der Waals surface area contributed by atoms with E-state index in [1.165, 1.54) is 0 Å². The SMILES string of the molecule is NCC1CC(=O)N(CCc2ccc(Cl)c(Cl)c2)C1. The average molecular weight is 287 g/mol. The van der Waals surface area contributed by atoms with Crippen LogP contribution in [-0.4, -0.2) is 30.4 Å². The number of rotatable bonds is 4. The van der Waals surface area contributed by atoms with Gasteiger partial charge in [-0.05, 0) is 36.6 Å². The number of hydrogen-bond acceptors (Lipinski definition) is 2. The Kier molecular flexibility index (Phi) is 4.49. The summed E-state index contributed by atoms with van der Waals surface area (Å²) in [5, 5.41) is 1.11. The summed E-state index contributed by atoms with van der Waals surface area (Å²) in [6, 6.07) is 5.58. The Morgan fingerprint density at radius 3 is 2.72 bits per heavy atom. The molecule has 18 heavy (non-hydrogen) atoms. The molecule has 0 aromatic heterocycles. The van der Waals surface area contributed by atoms with E-state index in [1.54, 1.807) is 6.07 Å². The van der Waals surface area contributed by atoms with E-state index in [2.05, 4.69) is 0 Å². The van der Waals surface area contributed by atoms with E-state index in [-0.39, 0.29) is 5.91 Å². The van der Waals surface area contributed by atoms with Crippen molar-refractivity contribution in [2.75, 3.05) is 19.6 Å². The minimum Gasteiger partial charge on any atom is -0.342 e. The molecular formula is C13H16Cl2N2O. The van der Waals surface area contributed by atoms with Crippen LogP contribution in [0.3, 0.4) is 0 Å². The van der Waals surface area contributed by atoms with Gasteiger partial charge in [-0.2, -0.15) is 0 Å². The molecule has 0 saturated carbocycles. The summed E-state index contributed by atoms with van der Waals surface area (Å²) in [6.45, 7) is 2.07.